The number of ether oxygens (including phenoxy) is 9. The van der Waals surface area contributed by atoms with Gasteiger partial charge < -0.3 is 52.8 Å². The molecule has 2 heterocycles. The van der Waals surface area contributed by atoms with Crippen LogP contribution >= 0.6 is 0 Å². The van der Waals surface area contributed by atoms with Gasteiger partial charge in [0.05, 0.1) is 17.7 Å². The summed E-state index contributed by atoms with van der Waals surface area (Å²) in [5.74, 6) is -5.37. The highest BCUT2D eigenvalue weighted by Crippen LogP contribution is 2.35. The third kappa shape index (κ3) is 10.3. The Morgan fingerprint density at radius 2 is 1.04 bits per heavy atom. The van der Waals surface area contributed by atoms with E-state index in [1.807, 2.05) is 0 Å². The average Bonchev–Trinajstić information content (AvgIpc) is 3.08. The lowest BCUT2D eigenvalue weighted by Crippen LogP contribution is -2.67. The summed E-state index contributed by atoms with van der Waals surface area (Å²) in [7, 11) is 0. The van der Waals surface area contributed by atoms with Gasteiger partial charge in [0.1, 0.15) is 24.9 Å². The van der Waals surface area contributed by atoms with Gasteiger partial charge in [-0.3, -0.25) is 19.2 Å². The minimum atomic E-state index is -2.00. The largest absolute Gasteiger partial charge is 0.463 e. The van der Waals surface area contributed by atoms with Crippen molar-refractivity contribution in [3.8, 4) is 0 Å². The number of esters is 6. The normalized spacial score (nSPS) is 28.7. The van der Waals surface area contributed by atoms with E-state index in [1.54, 1.807) is 36.4 Å². The fourth-order valence-electron chi connectivity index (χ4n) is 5.45. The zero-order valence-electron chi connectivity index (χ0n) is 28.0. The van der Waals surface area contributed by atoms with Crippen molar-refractivity contribution in [2.45, 2.75) is 89.1 Å². The average molecular weight is 719 g/mol. The van der Waals surface area contributed by atoms with Crippen molar-refractivity contribution in [2.24, 2.45) is 0 Å². The molecular weight excluding hydrogens is 680 g/mol. The summed E-state index contributed by atoms with van der Waals surface area (Å²) in [6.07, 6.45) is -17.0. The quantitative estimate of drug-likeness (QED) is 0.226. The lowest BCUT2D eigenvalue weighted by Gasteiger charge is -2.48. The molecular formula is C34H38O17. The zero-order valence-corrected chi connectivity index (χ0v) is 28.0. The first-order chi connectivity index (χ1) is 24.3. The fraction of sp³-hybridized carbons (Fsp3) is 0.471. The second-order valence-corrected chi connectivity index (χ2v) is 11.4. The molecule has 4 rings (SSSR count). The Morgan fingerprint density at radius 3 is 1.53 bits per heavy atom. The minimum Gasteiger partial charge on any atom is -0.463 e. The molecule has 17 heteroatoms. The lowest BCUT2D eigenvalue weighted by atomic mass is 9.96. The van der Waals surface area contributed by atoms with Gasteiger partial charge in [-0.1, -0.05) is 36.4 Å². The number of aliphatic hydroxyl groups excluding tert-OH is 2. The molecule has 17 nitrogen and oxygen atoms in total. The molecule has 51 heavy (non-hydrogen) atoms. The van der Waals surface area contributed by atoms with Gasteiger partial charge in [0.25, 0.3) is 0 Å². The van der Waals surface area contributed by atoms with Gasteiger partial charge in [0.2, 0.25) is 0 Å². The van der Waals surface area contributed by atoms with E-state index in [1.165, 1.54) is 24.3 Å². The van der Waals surface area contributed by atoms with E-state index >= 15 is 0 Å². The molecule has 0 aromatic heterocycles. The number of carbonyl (C=O) groups is 6. The Hall–Kier alpha value is -4.94. The maximum atomic E-state index is 13.3. The van der Waals surface area contributed by atoms with Gasteiger partial charge >= 0.3 is 35.8 Å². The van der Waals surface area contributed by atoms with Crippen LogP contribution in [0.1, 0.15) is 48.4 Å². The van der Waals surface area contributed by atoms with Crippen LogP contribution in [-0.4, -0.2) is 121 Å². The van der Waals surface area contributed by atoms with Gasteiger partial charge in [0.15, 0.2) is 43.1 Å². The first-order valence-electron chi connectivity index (χ1n) is 15.7. The number of rotatable bonds is 12. The molecule has 0 bridgehead atoms. The molecule has 2 N–H and O–H groups in total. The van der Waals surface area contributed by atoms with Crippen LogP contribution in [0.5, 0.6) is 0 Å². The van der Waals surface area contributed by atoms with E-state index in [0.717, 1.165) is 27.7 Å². The highest BCUT2D eigenvalue weighted by molar-refractivity contribution is 5.90. The van der Waals surface area contributed by atoms with Crippen LogP contribution in [0.2, 0.25) is 0 Å². The summed E-state index contributed by atoms with van der Waals surface area (Å²) in [4.78, 5) is 75.3. The van der Waals surface area contributed by atoms with Gasteiger partial charge in [-0.2, -0.15) is 0 Å². The van der Waals surface area contributed by atoms with Gasteiger partial charge in [-0.05, 0) is 24.3 Å². The molecule has 2 saturated heterocycles. The molecule has 0 radical (unpaired) electrons. The van der Waals surface area contributed by atoms with Crippen molar-refractivity contribution in [2.75, 3.05) is 13.2 Å². The molecule has 2 aromatic rings. The van der Waals surface area contributed by atoms with Crippen molar-refractivity contribution in [1.82, 2.24) is 0 Å². The molecule has 2 aliphatic rings. The SMILES string of the molecule is CC(=O)OCC1OC(OC2C(OC(=O)c3ccccc3)C(O)OC(CO)C2OC(=O)c2ccccc2)C(OC(C)=O)C(OC(C)=O)C1OC(C)=O. The van der Waals surface area contributed by atoms with Crippen LogP contribution in [0.25, 0.3) is 0 Å². The van der Waals surface area contributed by atoms with Crippen molar-refractivity contribution in [3.63, 3.8) is 0 Å². The van der Waals surface area contributed by atoms with Crippen LogP contribution in [0.15, 0.2) is 60.7 Å². The second kappa shape index (κ2) is 17.8. The topological polar surface area (TPSA) is 226 Å². The van der Waals surface area contributed by atoms with Crippen LogP contribution in [0.4, 0.5) is 0 Å². The molecule has 2 aromatic carbocycles. The molecule has 0 amide bonds. The zero-order chi connectivity index (χ0) is 37.2. The molecule has 2 fully saturated rings. The smallest absolute Gasteiger partial charge is 0.338 e. The first-order valence-corrected chi connectivity index (χ1v) is 15.7. The second-order valence-electron chi connectivity index (χ2n) is 11.4. The fourth-order valence-corrected chi connectivity index (χ4v) is 5.45. The Morgan fingerprint density at radius 1 is 0.569 bits per heavy atom. The highest BCUT2D eigenvalue weighted by atomic mass is 16.8. The predicted molar refractivity (Wildman–Crippen MR) is 166 cm³/mol. The van der Waals surface area contributed by atoms with E-state index < -0.39 is 110 Å². The van der Waals surface area contributed by atoms with E-state index in [0.29, 0.717) is 0 Å². The summed E-state index contributed by atoms with van der Waals surface area (Å²) in [5.41, 5.74) is 0.127. The first kappa shape index (κ1) is 38.9. The van der Waals surface area contributed by atoms with Crippen LogP contribution in [0, 0.1) is 0 Å². The Balaban J connectivity index is 1.81. The molecule has 2 aliphatic heterocycles. The van der Waals surface area contributed by atoms with E-state index in [4.69, 9.17) is 42.6 Å². The van der Waals surface area contributed by atoms with Gasteiger partial charge in [-0.15, -0.1) is 0 Å². The minimum absolute atomic E-state index is 0.0536. The monoisotopic (exact) mass is 718 g/mol. The molecule has 0 spiro atoms. The summed E-state index contributed by atoms with van der Waals surface area (Å²) < 4.78 is 50.7. The summed E-state index contributed by atoms with van der Waals surface area (Å²) in [5, 5.41) is 21.4. The lowest BCUT2D eigenvalue weighted by molar-refractivity contribution is -0.355. The Bertz CT molecular complexity index is 1530. The number of benzene rings is 2. The Kier molecular flexibility index (Phi) is 13.6. The molecule has 0 aliphatic carbocycles. The summed E-state index contributed by atoms with van der Waals surface area (Å²) >= 11 is 0. The third-order valence-corrected chi connectivity index (χ3v) is 7.53. The predicted octanol–water partition coefficient (Wildman–Crippen LogP) is 0.615. The molecule has 0 saturated carbocycles. The highest BCUT2D eigenvalue weighted by Gasteiger charge is 2.57. The van der Waals surface area contributed by atoms with Gasteiger partial charge in [0, 0.05) is 27.7 Å². The van der Waals surface area contributed by atoms with Crippen molar-refractivity contribution in [3.05, 3.63) is 71.8 Å². The van der Waals surface area contributed by atoms with Crippen LogP contribution in [0.3, 0.4) is 0 Å². The summed E-state index contributed by atoms with van der Waals surface area (Å²) in [6, 6.07) is 15.3. The van der Waals surface area contributed by atoms with Crippen molar-refractivity contribution in [1.29, 1.82) is 0 Å². The van der Waals surface area contributed by atoms with E-state index in [2.05, 4.69) is 0 Å². The number of hydrogen-bond donors (Lipinski definition) is 2. The molecule has 276 valence electrons. The van der Waals surface area contributed by atoms with E-state index in [-0.39, 0.29) is 11.1 Å². The number of carbonyl (C=O) groups excluding carboxylic acids is 6. The van der Waals surface area contributed by atoms with Gasteiger partial charge in [-0.25, -0.2) is 9.59 Å². The standard InChI is InChI=1S/C34H38O17/c1-17(36)43-16-24-26(44-18(2)37)28(45-19(3)38)30(46-20(4)39)34(48-24)51-27-25(49-31(40)21-11-7-5-8-12-21)23(15-35)47-33(42)29(27)50-32(41)22-13-9-6-10-14-22/h5-14,23-30,33-35,42H,15-16H2,1-4H3. The van der Waals surface area contributed by atoms with Crippen LogP contribution in [-0.2, 0) is 61.8 Å². The molecule has 10 atom stereocenters. The summed E-state index contributed by atoms with van der Waals surface area (Å²) in [6.45, 7) is 2.75. The maximum absolute atomic E-state index is 13.3. The van der Waals surface area contributed by atoms with Crippen LogP contribution < -0.4 is 0 Å². The van der Waals surface area contributed by atoms with Crippen molar-refractivity contribution < 1.29 is 81.6 Å². The maximum Gasteiger partial charge on any atom is 0.338 e. The third-order valence-electron chi connectivity index (χ3n) is 7.53. The Labute approximate surface area is 291 Å². The number of aliphatic hydroxyl groups is 2. The van der Waals surface area contributed by atoms with Crippen molar-refractivity contribution >= 4 is 35.8 Å². The van der Waals surface area contributed by atoms with E-state index in [9.17, 15) is 39.0 Å². The number of hydrogen-bond acceptors (Lipinski definition) is 17. The molecule has 10 unspecified atom stereocenters.